The van der Waals surface area contributed by atoms with E-state index >= 15 is 0 Å². The molecule has 2 heterocycles. The van der Waals surface area contributed by atoms with Crippen LogP contribution < -0.4 is 5.56 Å². The molecule has 1 fully saturated rings. The van der Waals surface area contributed by atoms with Gasteiger partial charge in [-0.05, 0) is 73.3 Å². The van der Waals surface area contributed by atoms with E-state index in [0.717, 1.165) is 53.9 Å². The highest BCUT2D eigenvalue weighted by molar-refractivity contribution is 5.79. The number of hydrogen-bond donors (Lipinski definition) is 2. The van der Waals surface area contributed by atoms with E-state index in [4.69, 9.17) is 0 Å². The molecule has 0 radical (unpaired) electrons. The molecule has 152 valence electrons. The van der Waals surface area contributed by atoms with E-state index in [1.807, 2.05) is 31.2 Å². The lowest BCUT2D eigenvalue weighted by Crippen LogP contribution is -2.37. The molecule has 2 aromatic carbocycles. The highest BCUT2D eigenvalue weighted by Crippen LogP contribution is 2.25. The van der Waals surface area contributed by atoms with Crippen LogP contribution in [-0.2, 0) is 12.8 Å². The molecule has 2 N–H and O–H groups in total. The first-order chi connectivity index (χ1) is 14.1. The van der Waals surface area contributed by atoms with E-state index in [-0.39, 0.29) is 5.56 Å². The average molecular weight is 391 g/mol. The Bertz CT molecular complexity index is 1000. The lowest BCUT2D eigenvalue weighted by Gasteiger charge is -2.33. The molecule has 29 heavy (non-hydrogen) atoms. The first-order valence-corrected chi connectivity index (χ1v) is 10.7. The van der Waals surface area contributed by atoms with Crippen molar-refractivity contribution in [1.29, 1.82) is 0 Å². The van der Waals surface area contributed by atoms with Gasteiger partial charge in [0.1, 0.15) is 0 Å². The Balaban J connectivity index is 1.36. The van der Waals surface area contributed by atoms with Crippen LogP contribution in [0.5, 0.6) is 0 Å². The maximum atomic E-state index is 12.1. The minimum absolute atomic E-state index is 0.0351. The number of nitrogens with zero attached hydrogens (tertiary/aromatic N) is 1. The molecule has 1 unspecified atom stereocenters. The maximum Gasteiger partial charge on any atom is 0.251 e. The summed E-state index contributed by atoms with van der Waals surface area (Å²) in [4.78, 5) is 17.4. The summed E-state index contributed by atoms with van der Waals surface area (Å²) in [5, 5.41) is 11.8. The van der Waals surface area contributed by atoms with Crippen molar-refractivity contribution in [2.45, 2.75) is 38.7 Å². The number of aromatic nitrogens is 1. The highest BCUT2D eigenvalue weighted by atomic mass is 16.3. The van der Waals surface area contributed by atoms with Crippen LogP contribution in [-0.4, -0.2) is 34.6 Å². The Morgan fingerprint density at radius 3 is 2.59 bits per heavy atom. The first kappa shape index (κ1) is 19.9. The molecule has 1 aliphatic rings. The molecule has 4 nitrogen and oxygen atoms in total. The number of likely N-dealkylation sites (tertiary alicyclic amines) is 1. The monoisotopic (exact) mass is 390 g/mol. The molecular weight excluding hydrogens is 360 g/mol. The number of H-pyrrole nitrogens is 1. The SMILES string of the molecule is CCc1cc2ccc(C(O)CN3CCC(Cc4ccccc4)CC3)cc2[nH]c1=O. The largest absolute Gasteiger partial charge is 0.387 e. The molecule has 0 amide bonds. The van der Waals surface area contributed by atoms with Crippen molar-refractivity contribution in [1.82, 2.24) is 9.88 Å². The number of piperidine rings is 1. The van der Waals surface area contributed by atoms with E-state index < -0.39 is 6.10 Å². The van der Waals surface area contributed by atoms with Crippen LogP contribution in [0.15, 0.2) is 59.4 Å². The number of hydrogen-bond acceptors (Lipinski definition) is 3. The number of pyridine rings is 1. The van der Waals surface area contributed by atoms with Crippen molar-refractivity contribution >= 4 is 10.9 Å². The summed E-state index contributed by atoms with van der Waals surface area (Å²) in [6.45, 7) is 4.68. The van der Waals surface area contributed by atoms with Crippen molar-refractivity contribution < 1.29 is 5.11 Å². The molecule has 1 atom stereocenters. The molecule has 0 spiro atoms. The first-order valence-electron chi connectivity index (χ1n) is 10.7. The van der Waals surface area contributed by atoms with E-state index in [1.165, 1.54) is 18.4 Å². The summed E-state index contributed by atoms with van der Waals surface area (Å²) in [5.41, 5.74) is 3.84. The van der Waals surface area contributed by atoms with Crippen molar-refractivity contribution in [3.63, 3.8) is 0 Å². The zero-order valence-corrected chi connectivity index (χ0v) is 17.1. The molecule has 0 bridgehead atoms. The van der Waals surface area contributed by atoms with Crippen LogP contribution in [0.4, 0.5) is 0 Å². The fourth-order valence-electron chi connectivity index (χ4n) is 4.40. The van der Waals surface area contributed by atoms with Gasteiger partial charge in [0.2, 0.25) is 0 Å². The van der Waals surface area contributed by atoms with Crippen LogP contribution in [0.2, 0.25) is 0 Å². The van der Waals surface area contributed by atoms with E-state index in [0.29, 0.717) is 6.54 Å². The number of benzene rings is 2. The third-order valence-electron chi connectivity index (χ3n) is 6.22. The number of aliphatic hydroxyl groups excluding tert-OH is 1. The minimum Gasteiger partial charge on any atom is -0.387 e. The normalized spacial score (nSPS) is 16.9. The molecular formula is C25H30N2O2. The lowest BCUT2D eigenvalue weighted by atomic mass is 9.90. The molecule has 1 saturated heterocycles. The number of aromatic amines is 1. The quantitative estimate of drug-likeness (QED) is 0.667. The second-order valence-corrected chi connectivity index (χ2v) is 8.27. The van der Waals surface area contributed by atoms with Gasteiger partial charge in [0.15, 0.2) is 0 Å². The zero-order chi connectivity index (χ0) is 20.2. The topological polar surface area (TPSA) is 56.3 Å². The Morgan fingerprint density at radius 2 is 1.86 bits per heavy atom. The van der Waals surface area contributed by atoms with Gasteiger partial charge in [-0.25, -0.2) is 0 Å². The Labute approximate surface area is 172 Å². The predicted octanol–water partition coefficient (Wildman–Crippen LogP) is 4.08. The number of rotatable bonds is 6. The third kappa shape index (κ3) is 4.77. The van der Waals surface area contributed by atoms with Gasteiger partial charge in [-0.1, -0.05) is 49.4 Å². The van der Waals surface area contributed by atoms with Crippen molar-refractivity contribution in [2.75, 3.05) is 19.6 Å². The van der Waals surface area contributed by atoms with Crippen molar-refractivity contribution in [3.05, 3.63) is 81.6 Å². The van der Waals surface area contributed by atoms with Crippen LogP contribution in [0, 0.1) is 5.92 Å². The van der Waals surface area contributed by atoms with Crippen molar-refractivity contribution in [3.8, 4) is 0 Å². The molecule has 4 heteroatoms. The number of aryl methyl sites for hydroxylation is 1. The van der Waals surface area contributed by atoms with Gasteiger partial charge in [-0.15, -0.1) is 0 Å². The lowest BCUT2D eigenvalue weighted by molar-refractivity contribution is 0.0894. The van der Waals surface area contributed by atoms with E-state index in [1.54, 1.807) is 0 Å². The second-order valence-electron chi connectivity index (χ2n) is 8.27. The Kier molecular flexibility index (Phi) is 6.12. The van der Waals surface area contributed by atoms with Crippen LogP contribution in [0.25, 0.3) is 10.9 Å². The van der Waals surface area contributed by atoms with Gasteiger partial charge in [-0.2, -0.15) is 0 Å². The second kappa shape index (κ2) is 8.93. The van der Waals surface area contributed by atoms with E-state index in [9.17, 15) is 9.90 Å². The number of fused-ring (bicyclic) bond motifs is 1. The maximum absolute atomic E-state index is 12.1. The summed E-state index contributed by atoms with van der Waals surface area (Å²) >= 11 is 0. The summed E-state index contributed by atoms with van der Waals surface area (Å²) < 4.78 is 0. The van der Waals surface area contributed by atoms with Crippen LogP contribution in [0.3, 0.4) is 0 Å². The molecule has 0 aliphatic carbocycles. The fourth-order valence-corrected chi connectivity index (χ4v) is 4.40. The Morgan fingerprint density at radius 1 is 1.10 bits per heavy atom. The predicted molar refractivity (Wildman–Crippen MR) is 118 cm³/mol. The Hall–Kier alpha value is -2.43. The third-order valence-corrected chi connectivity index (χ3v) is 6.22. The highest BCUT2D eigenvalue weighted by Gasteiger charge is 2.22. The molecule has 0 saturated carbocycles. The summed E-state index contributed by atoms with van der Waals surface area (Å²) in [7, 11) is 0. The van der Waals surface area contributed by atoms with Crippen molar-refractivity contribution in [2.24, 2.45) is 5.92 Å². The van der Waals surface area contributed by atoms with Gasteiger partial charge in [0, 0.05) is 17.6 Å². The van der Waals surface area contributed by atoms with Crippen LogP contribution in [0.1, 0.15) is 42.6 Å². The number of aliphatic hydroxyl groups is 1. The van der Waals surface area contributed by atoms with Gasteiger partial charge < -0.3 is 15.0 Å². The number of β-amino-alcohol motifs (C(OH)–C–C–N with tert-alkyl or cyclic N) is 1. The van der Waals surface area contributed by atoms with Gasteiger partial charge in [0.25, 0.3) is 5.56 Å². The molecule has 1 aromatic heterocycles. The molecule has 4 rings (SSSR count). The molecule has 3 aromatic rings. The van der Waals surface area contributed by atoms with Gasteiger partial charge in [-0.3, -0.25) is 4.79 Å². The average Bonchev–Trinajstić information content (AvgIpc) is 2.75. The summed E-state index contributed by atoms with van der Waals surface area (Å²) in [6.07, 6.45) is 3.67. The zero-order valence-electron chi connectivity index (χ0n) is 17.1. The number of nitrogens with one attached hydrogen (secondary N) is 1. The van der Waals surface area contributed by atoms with E-state index in [2.05, 4.69) is 40.2 Å². The standard InChI is InChI=1S/C25H30N2O2/c1-2-20-15-21-8-9-22(16-23(21)26-25(20)29)24(28)17-27-12-10-19(11-13-27)14-18-6-4-3-5-7-18/h3-9,15-16,19,24,28H,2,10-14,17H2,1H3,(H,26,29). The smallest absolute Gasteiger partial charge is 0.251 e. The van der Waals surface area contributed by atoms with Crippen LogP contribution >= 0.6 is 0 Å². The van der Waals surface area contributed by atoms with Gasteiger partial charge in [0.05, 0.1) is 6.10 Å². The fraction of sp³-hybridized carbons (Fsp3) is 0.400. The van der Waals surface area contributed by atoms with Gasteiger partial charge >= 0.3 is 0 Å². The summed E-state index contributed by atoms with van der Waals surface area (Å²) in [6, 6.07) is 18.6. The molecule has 1 aliphatic heterocycles. The minimum atomic E-state index is -0.542. The summed E-state index contributed by atoms with van der Waals surface area (Å²) in [5.74, 6) is 0.726.